The zero-order valence-electron chi connectivity index (χ0n) is 10.4. The smallest absolute Gasteiger partial charge is 0.325 e. The lowest BCUT2D eigenvalue weighted by atomic mass is 9.98. The number of nitrogens with zero attached hydrogens (tertiary/aromatic N) is 2. The van der Waals surface area contributed by atoms with Crippen LogP contribution in [-0.2, 0) is 0 Å². The van der Waals surface area contributed by atoms with Crippen molar-refractivity contribution in [2.75, 3.05) is 26.2 Å². The van der Waals surface area contributed by atoms with E-state index in [-0.39, 0.29) is 19.0 Å². The molecule has 2 aliphatic heterocycles. The number of carbonyl (C=O) groups is 1. The van der Waals surface area contributed by atoms with Gasteiger partial charge in [-0.25, -0.2) is 4.79 Å². The molecule has 0 aromatic heterocycles. The first-order valence-corrected chi connectivity index (χ1v) is 6.59. The van der Waals surface area contributed by atoms with Crippen LogP contribution in [0.2, 0.25) is 0 Å². The first kappa shape index (κ1) is 13.5. The summed E-state index contributed by atoms with van der Waals surface area (Å²) in [5.41, 5.74) is 0. The largest absolute Gasteiger partial charge is 0.393 e. The molecular weight excluding hydrogens is 245 g/mol. The molecule has 0 spiro atoms. The second-order valence-electron chi connectivity index (χ2n) is 5.16. The fourth-order valence-corrected chi connectivity index (χ4v) is 2.70. The molecule has 2 aliphatic rings. The highest BCUT2D eigenvalue weighted by Crippen LogP contribution is 2.33. The molecule has 104 valence electrons. The van der Waals surface area contributed by atoms with Crippen LogP contribution >= 0.6 is 0 Å². The lowest BCUT2D eigenvalue weighted by molar-refractivity contribution is -0.184. The summed E-state index contributed by atoms with van der Waals surface area (Å²) in [5.74, 6) is -1.35. The van der Waals surface area contributed by atoms with Crippen molar-refractivity contribution >= 4 is 6.03 Å². The van der Waals surface area contributed by atoms with Gasteiger partial charge in [0.15, 0.2) is 0 Å². The van der Waals surface area contributed by atoms with Gasteiger partial charge >= 0.3 is 12.2 Å². The summed E-state index contributed by atoms with van der Waals surface area (Å²) in [4.78, 5) is 15.2. The van der Waals surface area contributed by atoms with Crippen LogP contribution in [0, 0.1) is 5.92 Å². The zero-order chi connectivity index (χ0) is 13.2. The van der Waals surface area contributed by atoms with E-state index in [9.17, 15) is 18.0 Å². The predicted octanol–water partition coefficient (Wildman–Crippen LogP) is 2.87. The summed E-state index contributed by atoms with van der Waals surface area (Å²) in [6.07, 6.45) is -0.558. The molecule has 2 saturated heterocycles. The SMILES string of the molecule is O=C(N1CCCCC1)N1CCCC(C(F)(F)F)C1. The van der Waals surface area contributed by atoms with Gasteiger partial charge in [-0.05, 0) is 32.1 Å². The summed E-state index contributed by atoms with van der Waals surface area (Å²) < 4.78 is 38.0. The molecule has 0 aromatic carbocycles. The lowest BCUT2D eigenvalue weighted by Crippen LogP contribution is -2.51. The van der Waals surface area contributed by atoms with Gasteiger partial charge in [0.05, 0.1) is 5.92 Å². The molecule has 1 unspecified atom stereocenters. The van der Waals surface area contributed by atoms with Crippen LogP contribution in [0.15, 0.2) is 0 Å². The fourth-order valence-electron chi connectivity index (χ4n) is 2.70. The second-order valence-corrected chi connectivity index (χ2v) is 5.16. The molecule has 1 atom stereocenters. The fraction of sp³-hybridized carbons (Fsp3) is 0.917. The number of alkyl halides is 3. The van der Waals surface area contributed by atoms with Gasteiger partial charge in [0.2, 0.25) is 0 Å². The summed E-state index contributed by atoms with van der Waals surface area (Å²) in [5, 5.41) is 0. The van der Waals surface area contributed by atoms with E-state index in [0.29, 0.717) is 26.1 Å². The van der Waals surface area contributed by atoms with E-state index < -0.39 is 12.1 Å². The molecule has 2 fully saturated rings. The minimum Gasteiger partial charge on any atom is -0.325 e. The zero-order valence-corrected chi connectivity index (χ0v) is 10.4. The number of likely N-dealkylation sites (tertiary alicyclic amines) is 2. The van der Waals surface area contributed by atoms with Crippen molar-refractivity contribution in [1.29, 1.82) is 0 Å². The second kappa shape index (κ2) is 5.36. The molecule has 0 aromatic rings. The molecule has 0 bridgehead atoms. The van der Waals surface area contributed by atoms with E-state index in [4.69, 9.17) is 0 Å². The molecule has 0 radical (unpaired) electrons. The van der Waals surface area contributed by atoms with Crippen molar-refractivity contribution in [1.82, 2.24) is 9.80 Å². The number of hydrogen-bond acceptors (Lipinski definition) is 1. The Labute approximate surface area is 105 Å². The standard InChI is InChI=1S/C12H19F3N2O/c13-12(14,15)10-5-4-8-17(9-10)11(18)16-6-2-1-3-7-16/h10H,1-9H2. The average Bonchev–Trinajstić information content (AvgIpc) is 2.38. The number of halogens is 3. The number of piperidine rings is 2. The van der Waals surface area contributed by atoms with Gasteiger partial charge in [-0.3, -0.25) is 0 Å². The maximum Gasteiger partial charge on any atom is 0.393 e. The highest BCUT2D eigenvalue weighted by atomic mass is 19.4. The monoisotopic (exact) mass is 264 g/mol. The normalized spacial score (nSPS) is 26.3. The summed E-state index contributed by atoms with van der Waals surface area (Å²) in [6, 6.07) is -0.205. The average molecular weight is 264 g/mol. The van der Waals surface area contributed by atoms with E-state index in [1.54, 1.807) is 4.90 Å². The summed E-state index contributed by atoms with van der Waals surface area (Å²) in [6.45, 7) is 1.67. The molecule has 6 heteroatoms. The maximum atomic E-state index is 12.7. The Kier molecular flexibility index (Phi) is 4.02. The first-order valence-electron chi connectivity index (χ1n) is 6.59. The van der Waals surface area contributed by atoms with Crippen LogP contribution in [0.1, 0.15) is 32.1 Å². The topological polar surface area (TPSA) is 23.6 Å². The number of rotatable bonds is 0. The van der Waals surface area contributed by atoms with Gasteiger partial charge in [0, 0.05) is 26.2 Å². The Morgan fingerprint density at radius 3 is 2.17 bits per heavy atom. The van der Waals surface area contributed by atoms with E-state index in [1.807, 2.05) is 0 Å². The third-order valence-electron chi connectivity index (χ3n) is 3.78. The van der Waals surface area contributed by atoms with Crippen LogP contribution in [0.3, 0.4) is 0 Å². The third kappa shape index (κ3) is 3.09. The molecule has 3 nitrogen and oxygen atoms in total. The molecule has 2 amide bonds. The van der Waals surface area contributed by atoms with Crippen molar-refractivity contribution < 1.29 is 18.0 Å². The van der Waals surface area contributed by atoms with Crippen molar-refractivity contribution in [3.63, 3.8) is 0 Å². The Balaban J connectivity index is 1.93. The molecule has 0 aliphatic carbocycles. The predicted molar refractivity (Wildman–Crippen MR) is 61.2 cm³/mol. The number of carbonyl (C=O) groups excluding carboxylic acids is 1. The van der Waals surface area contributed by atoms with Crippen molar-refractivity contribution in [2.45, 2.75) is 38.3 Å². The molecular formula is C12H19F3N2O. The van der Waals surface area contributed by atoms with Crippen LogP contribution in [0.5, 0.6) is 0 Å². The minimum atomic E-state index is -4.18. The number of hydrogen-bond donors (Lipinski definition) is 0. The van der Waals surface area contributed by atoms with E-state index in [2.05, 4.69) is 0 Å². The first-order chi connectivity index (χ1) is 8.48. The van der Waals surface area contributed by atoms with E-state index in [1.165, 1.54) is 4.90 Å². The van der Waals surface area contributed by atoms with Gasteiger partial charge in [-0.2, -0.15) is 13.2 Å². The highest BCUT2D eigenvalue weighted by molar-refractivity contribution is 5.74. The van der Waals surface area contributed by atoms with Gasteiger partial charge in [-0.1, -0.05) is 0 Å². The summed E-state index contributed by atoms with van der Waals surface area (Å²) in [7, 11) is 0. The number of amides is 2. The van der Waals surface area contributed by atoms with Gasteiger partial charge in [-0.15, -0.1) is 0 Å². The van der Waals surface area contributed by atoms with Crippen LogP contribution in [0.4, 0.5) is 18.0 Å². The molecule has 0 saturated carbocycles. The summed E-state index contributed by atoms with van der Waals surface area (Å²) >= 11 is 0. The molecule has 18 heavy (non-hydrogen) atoms. The molecule has 2 heterocycles. The Hall–Kier alpha value is -0.940. The third-order valence-corrected chi connectivity index (χ3v) is 3.78. The van der Waals surface area contributed by atoms with Crippen LogP contribution < -0.4 is 0 Å². The maximum absolute atomic E-state index is 12.7. The molecule has 0 N–H and O–H groups in total. The molecule has 2 rings (SSSR count). The lowest BCUT2D eigenvalue weighted by Gasteiger charge is -2.38. The van der Waals surface area contributed by atoms with Gasteiger partial charge in [0.25, 0.3) is 0 Å². The minimum absolute atomic E-state index is 0.146. The Morgan fingerprint density at radius 2 is 1.56 bits per heavy atom. The van der Waals surface area contributed by atoms with E-state index in [0.717, 1.165) is 19.3 Å². The van der Waals surface area contributed by atoms with Crippen molar-refractivity contribution in [3.8, 4) is 0 Å². The van der Waals surface area contributed by atoms with Crippen LogP contribution in [-0.4, -0.2) is 48.2 Å². The highest BCUT2D eigenvalue weighted by Gasteiger charge is 2.43. The van der Waals surface area contributed by atoms with E-state index >= 15 is 0 Å². The number of urea groups is 1. The van der Waals surface area contributed by atoms with Crippen molar-refractivity contribution in [3.05, 3.63) is 0 Å². The van der Waals surface area contributed by atoms with Crippen LogP contribution in [0.25, 0.3) is 0 Å². The van der Waals surface area contributed by atoms with Crippen molar-refractivity contribution in [2.24, 2.45) is 5.92 Å². The Bertz CT molecular complexity index is 300. The van der Waals surface area contributed by atoms with Gasteiger partial charge in [0.1, 0.15) is 0 Å². The Morgan fingerprint density at radius 1 is 0.944 bits per heavy atom. The van der Waals surface area contributed by atoms with Gasteiger partial charge < -0.3 is 9.80 Å². The quantitative estimate of drug-likeness (QED) is 0.660.